The number of Topliss-reactive ketones (excluding diaryl/α,β-unsaturated/α-hetero) is 1. The van der Waals surface area contributed by atoms with E-state index in [1.807, 2.05) is 25.1 Å². The number of carbonyl (C=O) groups excluding carboxylic acids is 1. The molecule has 1 heterocycles. The third-order valence-electron chi connectivity index (χ3n) is 2.69. The van der Waals surface area contributed by atoms with Crippen molar-refractivity contribution in [3.05, 3.63) is 35.5 Å². The molecule has 0 atom stereocenters. The average Bonchev–Trinajstić information content (AvgIpc) is 2.68. The number of nitrogens with two attached hydrogens (primary N) is 1. The van der Waals surface area contributed by atoms with Gasteiger partial charge in [-0.05, 0) is 37.6 Å². The Hall–Kier alpha value is -1.61. The minimum Gasteiger partial charge on any atom is -0.352 e. The number of aryl methyl sites for hydroxylation is 1. The van der Waals surface area contributed by atoms with E-state index in [0.29, 0.717) is 18.7 Å². The van der Waals surface area contributed by atoms with Crippen LogP contribution in [0.2, 0.25) is 0 Å². The fraction of sp³-hybridized carbons (Fsp3) is 0.308. The monoisotopic (exact) mass is 216 g/mol. The van der Waals surface area contributed by atoms with E-state index in [-0.39, 0.29) is 5.78 Å². The number of nitrogens with one attached hydrogen (secondary N) is 1. The molecule has 0 aliphatic rings. The zero-order valence-electron chi connectivity index (χ0n) is 9.42. The highest BCUT2D eigenvalue weighted by molar-refractivity contribution is 5.99. The van der Waals surface area contributed by atoms with Gasteiger partial charge < -0.3 is 10.7 Å². The summed E-state index contributed by atoms with van der Waals surface area (Å²) in [5.74, 6) is 0.138. The van der Waals surface area contributed by atoms with Crippen molar-refractivity contribution in [1.29, 1.82) is 0 Å². The highest BCUT2D eigenvalue weighted by Gasteiger charge is 2.08. The average molecular weight is 216 g/mol. The molecule has 3 nitrogen and oxygen atoms in total. The highest BCUT2D eigenvalue weighted by Crippen LogP contribution is 2.18. The van der Waals surface area contributed by atoms with Gasteiger partial charge in [0.15, 0.2) is 5.78 Å². The third-order valence-corrected chi connectivity index (χ3v) is 2.69. The van der Waals surface area contributed by atoms with Gasteiger partial charge in [0.2, 0.25) is 0 Å². The van der Waals surface area contributed by atoms with Gasteiger partial charge in [0.05, 0.1) is 5.69 Å². The van der Waals surface area contributed by atoms with Gasteiger partial charge in [-0.2, -0.15) is 0 Å². The predicted octanol–water partition coefficient (Wildman–Crippen LogP) is 2.40. The summed E-state index contributed by atoms with van der Waals surface area (Å²) in [6.07, 6.45) is 1.26. The minimum atomic E-state index is 0.138. The van der Waals surface area contributed by atoms with Crippen LogP contribution in [0.3, 0.4) is 0 Å². The second-order valence-corrected chi connectivity index (χ2v) is 4.09. The number of H-pyrrole nitrogens is 1. The number of aromatic nitrogens is 1. The van der Waals surface area contributed by atoms with Crippen LogP contribution in [-0.2, 0) is 0 Å². The summed E-state index contributed by atoms with van der Waals surface area (Å²) >= 11 is 0. The van der Waals surface area contributed by atoms with Gasteiger partial charge in [-0.25, -0.2) is 0 Å². The van der Waals surface area contributed by atoms with Gasteiger partial charge in [0.25, 0.3) is 0 Å². The second kappa shape index (κ2) is 4.49. The van der Waals surface area contributed by atoms with Gasteiger partial charge >= 0.3 is 0 Å². The van der Waals surface area contributed by atoms with E-state index in [0.717, 1.165) is 17.3 Å². The zero-order chi connectivity index (χ0) is 11.5. The van der Waals surface area contributed by atoms with Gasteiger partial charge in [-0.1, -0.05) is 12.1 Å². The molecule has 2 rings (SSSR count). The summed E-state index contributed by atoms with van der Waals surface area (Å²) in [4.78, 5) is 14.9. The fourth-order valence-electron chi connectivity index (χ4n) is 1.79. The van der Waals surface area contributed by atoms with Crippen LogP contribution < -0.4 is 5.73 Å². The summed E-state index contributed by atoms with van der Waals surface area (Å²) < 4.78 is 0. The molecular weight excluding hydrogens is 200 g/mol. The van der Waals surface area contributed by atoms with Crippen LogP contribution in [0.25, 0.3) is 10.9 Å². The first-order valence-electron chi connectivity index (χ1n) is 5.53. The molecule has 0 aliphatic carbocycles. The molecule has 0 amide bonds. The van der Waals surface area contributed by atoms with Crippen molar-refractivity contribution in [3.8, 4) is 0 Å². The van der Waals surface area contributed by atoms with E-state index in [1.165, 1.54) is 5.56 Å². The van der Waals surface area contributed by atoms with Crippen molar-refractivity contribution in [2.45, 2.75) is 19.8 Å². The van der Waals surface area contributed by atoms with Crippen molar-refractivity contribution in [2.75, 3.05) is 6.54 Å². The Morgan fingerprint density at radius 2 is 2.19 bits per heavy atom. The van der Waals surface area contributed by atoms with E-state index in [2.05, 4.69) is 11.1 Å². The number of carbonyl (C=O) groups is 1. The molecule has 0 radical (unpaired) electrons. The van der Waals surface area contributed by atoms with E-state index in [1.54, 1.807) is 0 Å². The smallest absolute Gasteiger partial charge is 0.179 e. The normalized spacial score (nSPS) is 10.9. The zero-order valence-corrected chi connectivity index (χ0v) is 9.42. The van der Waals surface area contributed by atoms with E-state index < -0.39 is 0 Å². The van der Waals surface area contributed by atoms with Crippen LogP contribution >= 0.6 is 0 Å². The van der Waals surface area contributed by atoms with E-state index in [4.69, 9.17) is 5.73 Å². The van der Waals surface area contributed by atoms with E-state index >= 15 is 0 Å². The quantitative estimate of drug-likeness (QED) is 0.771. The molecule has 3 N–H and O–H groups in total. The summed E-state index contributed by atoms with van der Waals surface area (Å²) in [7, 11) is 0. The van der Waals surface area contributed by atoms with Gasteiger partial charge in [-0.3, -0.25) is 4.79 Å². The number of hydrogen-bond acceptors (Lipinski definition) is 2. The van der Waals surface area contributed by atoms with Crippen molar-refractivity contribution in [1.82, 2.24) is 4.98 Å². The van der Waals surface area contributed by atoms with Crippen molar-refractivity contribution >= 4 is 16.7 Å². The number of hydrogen-bond donors (Lipinski definition) is 2. The molecule has 1 aromatic heterocycles. The van der Waals surface area contributed by atoms with Crippen LogP contribution in [0, 0.1) is 6.92 Å². The Bertz CT molecular complexity index is 514. The summed E-state index contributed by atoms with van der Waals surface area (Å²) in [5, 5.41) is 1.08. The SMILES string of the molecule is Cc1ccc2cc(C(=O)CCCN)[nH]c2c1. The molecule has 84 valence electrons. The van der Waals surface area contributed by atoms with Crippen LogP contribution in [0.15, 0.2) is 24.3 Å². The molecule has 0 saturated heterocycles. The molecule has 0 saturated carbocycles. The lowest BCUT2D eigenvalue weighted by atomic mass is 10.1. The highest BCUT2D eigenvalue weighted by atomic mass is 16.1. The van der Waals surface area contributed by atoms with Crippen LogP contribution in [-0.4, -0.2) is 17.3 Å². The molecule has 0 bridgehead atoms. The van der Waals surface area contributed by atoms with Crippen LogP contribution in [0.5, 0.6) is 0 Å². The molecule has 0 unspecified atom stereocenters. The standard InChI is InChI=1S/C13H16N2O/c1-9-4-5-10-8-12(15-11(10)7-9)13(16)3-2-6-14/h4-5,7-8,15H,2-3,6,14H2,1H3. The minimum absolute atomic E-state index is 0.138. The largest absolute Gasteiger partial charge is 0.352 e. The lowest BCUT2D eigenvalue weighted by Crippen LogP contribution is -2.04. The Balaban J connectivity index is 2.28. The maximum Gasteiger partial charge on any atom is 0.179 e. The lowest BCUT2D eigenvalue weighted by Gasteiger charge is -1.95. The molecule has 2 aromatic rings. The molecule has 1 aromatic carbocycles. The number of aromatic amines is 1. The third kappa shape index (κ3) is 2.14. The van der Waals surface area contributed by atoms with Crippen LogP contribution in [0.1, 0.15) is 28.9 Å². The first-order valence-corrected chi connectivity index (χ1v) is 5.53. The van der Waals surface area contributed by atoms with Crippen LogP contribution in [0.4, 0.5) is 0 Å². The Labute approximate surface area is 94.6 Å². The lowest BCUT2D eigenvalue weighted by molar-refractivity contribution is 0.0977. The Morgan fingerprint density at radius 1 is 1.38 bits per heavy atom. The van der Waals surface area contributed by atoms with E-state index in [9.17, 15) is 4.79 Å². The molecule has 0 spiro atoms. The number of fused-ring (bicyclic) bond motifs is 1. The van der Waals surface area contributed by atoms with Gasteiger partial charge in [0, 0.05) is 17.3 Å². The molecule has 0 aliphatic heterocycles. The summed E-state index contributed by atoms with van der Waals surface area (Å²) in [6.45, 7) is 2.60. The first kappa shape index (κ1) is 10.9. The second-order valence-electron chi connectivity index (χ2n) is 4.09. The van der Waals surface area contributed by atoms with Crippen molar-refractivity contribution < 1.29 is 4.79 Å². The topological polar surface area (TPSA) is 58.9 Å². The molecular formula is C13H16N2O. The maximum absolute atomic E-state index is 11.8. The van der Waals surface area contributed by atoms with Gasteiger partial charge in [0.1, 0.15) is 0 Å². The Kier molecular flexibility index (Phi) is 3.06. The number of benzene rings is 1. The predicted molar refractivity (Wildman–Crippen MR) is 65.7 cm³/mol. The number of rotatable bonds is 4. The summed E-state index contributed by atoms with van der Waals surface area (Å²) in [5.41, 5.74) is 8.29. The Morgan fingerprint density at radius 3 is 2.94 bits per heavy atom. The molecule has 16 heavy (non-hydrogen) atoms. The summed E-state index contributed by atoms with van der Waals surface area (Å²) in [6, 6.07) is 8.04. The van der Waals surface area contributed by atoms with Crippen molar-refractivity contribution in [2.24, 2.45) is 5.73 Å². The molecule has 3 heteroatoms. The van der Waals surface area contributed by atoms with Crippen molar-refractivity contribution in [3.63, 3.8) is 0 Å². The van der Waals surface area contributed by atoms with Gasteiger partial charge in [-0.15, -0.1) is 0 Å². The molecule has 0 fully saturated rings. The first-order chi connectivity index (χ1) is 7.70. The maximum atomic E-state index is 11.8. The fourth-order valence-corrected chi connectivity index (χ4v) is 1.79. The number of ketones is 1.